The molecular formula is C20H25N5O. The highest BCUT2D eigenvalue weighted by molar-refractivity contribution is 5.79. The summed E-state index contributed by atoms with van der Waals surface area (Å²) in [6.45, 7) is 4.84. The highest BCUT2D eigenvalue weighted by Gasteiger charge is 2.49. The minimum atomic E-state index is 0.260. The summed E-state index contributed by atoms with van der Waals surface area (Å²) in [5, 5.41) is 9.88. The normalized spacial score (nSPS) is 23.2. The molecule has 0 saturated carbocycles. The number of likely N-dealkylation sites (tertiary alicyclic amines) is 1. The Morgan fingerprint density at radius 2 is 2.15 bits per heavy atom. The van der Waals surface area contributed by atoms with E-state index in [0.717, 1.165) is 51.5 Å². The van der Waals surface area contributed by atoms with Crippen LogP contribution in [-0.2, 0) is 18.3 Å². The third-order valence-corrected chi connectivity index (χ3v) is 6.29. The van der Waals surface area contributed by atoms with Gasteiger partial charge in [-0.05, 0) is 41.3 Å². The summed E-state index contributed by atoms with van der Waals surface area (Å²) in [6.07, 6.45) is 6.04. The Morgan fingerprint density at radius 1 is 1.27 bits per heavy atom. The van der Waals surface area contributed by atoms with Crippen LogP contribution < -0.4 is 0 Å². The molecule has 0 bridgehead atoms. The minimum Gasteiger partial charge on any atom is -0.381 e. The number of aromatic amines is 1. The summed E-state index contributed by atoms with van der Waals surface area (Å²) in [7, 11) is 2.06. The summed E-state index contributed by atoms with van der Waals surface area (Å²) >= 11 is 0. The molecule has 0 radical (unpaired) electrons. The van der Waals surface area contributed by atoms with Crippen molar-refractivity contribution >= 4 is 10.9 Å². The smallest absolute Gasteiger partial charge is 0.137 e. The standard InChI is InChI=1S/C20H25N5O/c1-24-14-22-23-19(24)17-12-25(13-20(17)5-8-26-9-6-20)11-15-2-3-16-4-7-21-18(16)10-15/h2-4,7,10,14,17,21H,5-6,8-9,11-13H2,1H3. The largest absolute Gasteiger partial charge is 0.381 e. The van der Waals surface area contributed by atoms with Crippen LogP contribution in [0.15, 0.2) is 36.8 Å². The lowest BCUT2D eigenvalue weighted by Gasteiger charge is -2.37. The zero-order chi connectivity index (χ0) is 17.6. The van der Waals surface area contributed by atoms with Gasteiger partial charge in [-0.25, -0.2) is 0 Å². The number of fused-ring (bicyclic) bond motifs is 1. The van der Waals surface area contributed by atoms with Crippen molar-refractivity contribution in [2.45, 2.75) is 25.3 Å². The van der Waals surface area contributed by atoms with Crippen molar-refractivity contribution in [2.75, 3.05) is 26.3 Å². The molecule has 136 valence electrons. The maximum absolute atomic E-state index is 5.68. The van der Waals surface area contributed by atoms with Crippen LogP contribution in [0.3, 0.4) is 0 Å². The van der Waals surface area contributed by atoms with Crippen LogP contribution in [0.4, 0.5) is 0 Å². The second-order valence-electron chi connectivity index (χ2n) is 7.90. The second kappa shape index (κ2) is 6.21. The maximum atomic E-state index is 5.68. The Morgan fingerprint density at radius 3 is 2.96 bits per heavy atom. The molecule has 0 aliphatic carbocycles. The summed E-state index contributed by atoms with van der Waals surface area (Å²) < 4.78 is 7.77. The van der Waals surface area contributed by atoms with Crippen LogP contribution >= 0.6 is 0 Å². The first-order chi connectivity index (χ1) is 12.7. The molecule has 6 heteroatoms. The number of hydrogen-bond acceptors (Lipinski definition) is 4. The molecule has 1 atom stereocenters. The van der Waals surface area contributed by atoms with E-state index in [1.807, 2.05) is 12.5 Å². The van der Waals surface area contributed by atoms with Gasteiger partial charge in [0.1, 0.15) is 12.2 Å². The van der Waals surface area contributed by atoms with E-state index in [9.17, 15) is 0 Å². The first-order valence-electron chi connectivity index (χ1n) is 9.44. The Kier molecular flexibility index (Phi) is 3.83. The second-order valence-corrected chi connectivity index (χ2v) is 7.90. The zero-order valence-electron chi connectivity index (χ0n) is 15.2. The Hall–Kier alpha value is -2.18. The summed E-state index contributed by atoms with van der Waals surface area (Å²) in [5.41, 5.74) is 2.84. The molecule has 6 nitrogen and oxygen atoms in total. The number of aromatic nitrogens is 4. The fraction of sp³-hybridized carbons (Fsp3) is 0.500. The van der Waals surface area contributed by atoms with Gasteiger partial charge in [0.05, 0.1) is 0 Å². The SMILES string of the molecule is Cn1cnnc1C1CN(Cc2ccc3cc[nH]c3c2)CC12CCOCC2. The number of nitrogens with one attached hydrogen (secondary N) is 1. The molecule has 2 fully saturated rings. The third-order valence-electron chi connectivity index (χ3n) is 6.29. The minimum absolute atomic E-state index is 0.260. The van der Waals surface area contributed by atoms with Crippen molar-refractivity contribution in [1.29, 1.82) is 0 Å². The van der Waals surface area contributed by atoms with Gasteiger partial charge in [-0.2, -0.15) is 0 Å². The molecule has 3 aromatic rings. The van der Waals surface area contributed by atoms with E-state index in [1.54, 1.807) is 0 Å². The van der Waals surface area contributed by atoms with E-state index in [0.29, 0.717) is 5.92 Å². The lowest BCUT2D eigenvalue weighted by Crippen LogP contribution is -2.36. The van der Waals surface area contributed by atoms with Crippen molar-refractivity contribution in [1.82, 2.24) is 24.6 Å². The van der Waals surface area contributed by atoms with Gasteiger partial charge in [-0.3, -0.25) is 4.90 Å². The Bertz CT molecular complexity index is 908. The van der Waals surface area contributed by atoms with Gasteiger partial charge in [-0.1, -0.05) is 12.1 Å². The van der Waals surface area contributed by atoms with Gasteiger partial charge in [-0.15, -0.1) is 10.2 Å². The first kappa shape index (κ1) is 16.0. The predicted molar refractivity (Wildman–Crippen MR) is 99.8 cm³/mol. The van der Waals surface area contributed by atoms with Crippen LogP contribution in [-0.4, -0.2) is 51.0 Å². The molecule has 2 aromatic heterocycles. The molecule has 2 saturated heterocycles. The molecule has 1 aromatic carbocycles. The van der Waals surface area contributed by atoms with E-state index >= 15 is 0 Å². The molecule has 2 aliphatic heterocycles. The van der Waals surface area contributed by atoms with Crippen LogP contribution in [0.2, 0.25) is 0 Å². The lowest BCUT2D eigenvalue weighted by atomic mass is 9.72. The van der Waals surface area contributed by atoms with Crippen LogP contribution in [0.25, 0.3) is 10.9 Å². The van der Waals surface area contributed by atoms with Gasteiger partial charge >= 0.3 is 0 Å². The Balaban J connectivity index is 1.42. The monoisotopic (exact) mass is 351 g/mol. The molecule has 4 heterocycles. The quantitative estimate of drug-likeness (QED) is 0.788. The topological polar surface area (TPSA) is 59.0 Å². The summed E-state index contributed by atoms with van der Waals surface area (Å²) in [5.74, 6) is 1.54. The summed E-state index contributed by atoms with van der Waals surface area (Å²) in [6, 6.07) is 8.86. The third kappa shape index (κ3) is 2.64. The maximum Gasteiger partial charge on any atom is 0.137 e. The Labute approximate surface area is 153 Å². The van der Waals surface area contributed by atoms with Crippen LogP contribution in [0.1, 0.15) is 30.1 Å². The average molecular weight is 351 g/mol. The van der Waals surface area contributed by atoms with Crippen LogP contribution in [0, 0.1) is 5.41 Å². The lowest BCUT2D eigenvalue weighted by molar-refractivity contribution is 0.0105. The van der Waals surface area contributed by atoms with Gasteiger partial charge in [0.2, 0.25) is 0 Å². The fourth-order valence-corrected chi connectivity index (χ4v) is 4.89. The molecular weight excluding hydrogens is 326 g/mol. The molecule has 0 amide bonds. The highest BCUT2D eigenvalue weighted by Crippen LogP contribution is 2.49. The van der Waals surface area contributed by atoms with Crippen molar-refractivity contribution in [2.24, 2.45) is 12.5 Å². The molecule has 1 unspecified atom stereocenters. The summed E-state index contributed by atoms with van der Waals surface area (Å²) in [4.78, 5) is 5.92. The van der Waals surface area contributed by atoms with E-state index in [1.165, 1.54) is 16.5 Å². The highest BCUT2D eigenvalue weighted by atomic mass is 16.5. The number of nitrogens with zero attached hydrogens (tertiary/aromatic N) is 4. The number of aryl methyl sites for hydroxylation is 1. The number of rotatable bonds is 3. The fourth-order valence-electron chi connectivity index (χ4n) is 4.89. The number of H-pyrrole nitrogens is 1. The molecule has 1 spiro atoms. The van der Waals surface area contributed by atoms with Crippen molar-refractivity contribution < 1.29 is 4.74 Å². The molecule has 1 N–H and O–H groups in total. The zero-order valence-corrected chi connectivity index (χ0v) is 15.2. The van der Waals surface area contributed by atoms with E-state index in [-0.39, 0.29) is 5.41 Å². The molecule has 5 rings (SSSR count). The van der Waals surface area contributed by atoms with Crippen molar-refractivity contribution in [3.8, 4) is 0 Å². The van der Waals surface area contributed by atoms with E-state index in [2.05, 4.69) is 56.0 Å². The first-order valence-corrected chi connectivity index (χ1v) is 9.44. The van der Waals surface area contributed by atoms with Gasteiger partial charge in [0, 0.05) is 57.5 Å². The average Bonchev–Trinajstić information content (AvgIpc) is 3.35. The van der Waals surface area contributed by atoms with Crippen molar-refractivity contribution in [3.63, 3.8) is 0 Å². The van der Waals surface area contributed by atoms with Gasteiger partial charge in [0.25, 0.3) is 0 Å². The van der Waals surface area contributed by atoms with Crippen molar-refractivity contribution in [3.05, 3.63) is 48.2 Å². The van der Waals surface area contributed by atoms with E-state index in [4.69, 9.17) is 4.74 Å². The van der Waals surface area contributed by atoms with Gasteiger partial charge < -0.3 is 14.3 Å². The number of hydrogen-bond donors (Lipinski definition) is 1. The number of ether oxygens (including phenoxy) is 1. The predicted octanol–water partition coefficient (Wildman–Crippen LogP) is 2.69. The number of benzene rings is 1. The molecule has 2 aliphatic rings. The van der Waals surface area contributed by atoms with E-state index < -0.39 is 0 Å². The van der Waals surface area contributed by atoms with Gasteiger partial charge in [0.15, 0.2) is 0 Å². The van der Waals surface area contributed by atoms with Crippen LogP contribution in [0.5, 0.6) is 0 Å². The molecule has 26 heavy (non-hydrogen) atoms.